The van der Waals surface area contributed by atoms with Crippen LogP contribution in [-0.4, -0.2) is 24.8 Å². The average Bonchev–Trinajstić information content (AvgIpc) is 2.18. The zero-order valence-corrected chi connectivity index (χ0v) is 9.98. The molecule has 0 aliphatic rings. The molecular weight excluding hydrogens is 233 g/mol. The molecule has 0 aliphatic heterocycles. The van der Waals surface area contributed by atoms with E-state index in [1.165, 1.54) is 0 Å². The number of nitrogens with one attached hydrogen (secondary N) is 1. The van der Waals surface area contributed by atoms with Crippen LogP contribution in [0.3, 0.4) is 0 Å². The number of aromatic nitrogens is 1. The molecule has 0 bridgehead atoms. The van der Waals surface area contributed by atoms with Gasteiger partial charge in [-0.1, -0.05) is 0 Å². The summed E-state index contributed by atoms with van der Waals surface area (Å²) in [5.74, 6) is 0.0502. The van der Waals surface area contributed by atoms with Crippen LogP contribution in [0.2, 0.25) is 0 Å². The van der Waals surface area contributed by atoms with Crippen LogP contribution in [0, 0.1) is 13.8 Å². The van der Waals surface area contributed by atoms with Gasteiger partial charge in [0, 0.05) is 17.8 Å². The van der Waals surface area contributed by atoms with Gasteiger partial charge in [0.15, 0.2) is 6.61 Å². The highest BCUT2D eigenvalue weighted by Gasteiger charge is 2.29. The second-order valence-corrected chi connectivity index (χ2v) is 3.80. The summed E-state index contributed by atoms with van der Waals surface area (Å²) in [6, 6.07) is 1.81. The minimum absolute atomic E-state index is 0.0502. The summed E-state index contributed by atoms with van der Waals surface area (Å²) in [6.07, 6.45) is -4.35. The van der Waals surface area contributed by atoms with Crippen LogP contribution in [0.4, 0.5) is 13.2 Å². The molecule has 1 rings (SSSR count). The summed E-state index contributed by atoms with van der Waals surface area (Å²) < 4.78 is 41.0. The van der Waals surface area contributed by atoms with Crippen molar-refractivity contribution in [2.45, 2.75) is 26.6 Å². The monoisotopic (exact) mass is 248 g/mol. The number of nitrogens with zero attached hydrogens (tertiary/aromatic N) is 1. The zero-order chi connectivity index (χ0) is 13.1. The highest BCUT2D eigenvalue weighted by atomic mass is 19.4. The first-order chi connectivity index (χ1) is 7.83. The molecule has 0 atom stereocenters. The van der Waals surface area contributed by atoms with Gasteiger partial charge in [0.05, 0.1) is 0 Å². The van der Waals surface area contributed by atoms with E-state index in [2.05, 4.69) is 10.3 Å². The molecule has 0 aliphatic carbocycles. The quantitative estimate of drug-likeness (QED) is 0.888. The number of halogens is 3. The Morgan fingerprint density at radius 3 is 2.53 bits per heavy atom. The molecule has 0 radical (unpaired) electrons. The van der Waals surface area contributed by atoms with Crippen LogP contribution in [0.1, 0.15) is 16.8 Å². The molecule has 0 saturated heterocycles. The molecular formula is C11H15F3N2O. The first kappa shape index (κ1) is 13.8. The molecule has 1 aromatic heterocycles. The summed E-state index contributed by atoms with van der Waals surface area (Å²) in [5, 5.41) is 2.88. The first-order valence-electron chi connectivity index (χ1n) is 5.14. The normalized spacial score (nSPS) is 11.6. The number of hydrogen-bond acceptors (Lipinski definition) is 3. The Hall–Kier alpha value is -1.30. The number of hydrogen-bond donors (Lipinski definition) is 1. The average molecular weight is 248 g/mol. The number of aryl methyl sites for hydroxylation is 2. The van der Waals surface area contributed by atoms with Crippen molar-refractivity contribution in [2.75, 3.05) is 13.7 Å². The van der Waals surface area contributed by atoms with Crippen molar-refractivity contribution in [2.24, 2.45) is 0 Å². The van der Waals surface area contributed by atoms with E-state index < -0.39 is 12.8 Å². The fourth-order valence-corrected chi connectivity index (χ4v) is 1.49. The van der Waals surface area contributed by atoms with Gasteiger partial charge in [0.2, 0.25) is 5.88 Å². The lowest BCUT2D eigenvalue weighted by Crippen LogP contribution is -2.21. The third-order valence-corrected chi connectivity index (χ3v) is 2.16. The Morgan fingerprint density at radius 2 is 2.00 bits per heavy atom. The van der Waals surface area contributed by atoms with Crippen LogP contribution in [-0.2, 0) is 6.54 Å². The fourth-order valence-electron chi connectivity index (χ4n) is 1.49. The van der Waals surface area contributed by atoms with E-state index in [0.717, 1.165) is 5.56 Å². The largest absolute Gasteiger partial charge is 0.468 e. The van der Waals surface area contributed by atoms with Crippen molar-refractivity contribution in [3.05, 3.63) is 22.9 Å². The van der Waals surface area contributed by atoms with Gasteiger partial charge < -0.3 is 10.1 Å². The molecule has 0 unspecified atom stereocenters. The summed E-state index contributed by atoms with van der Waals surface area (Å²) in [4.78, 5) is 3.99. The van der Waals surface area contributed by atoms with Crippen LogP contribution < -0.4 is 10.1 Å². The van der Waals surface area contributed by atoms with Crippen LogP contribution >= 0.6 is 0 Å². The minimum atomic E-state index is -4.35. The highest BCUT2D eigenvalue weighted by Crippen LogP contribution is 2.23. The van der Waals surface area contributed by atoms with Gasteiger partial charge in [-0.25, -0.2) is 4.98 Å². The Balaban J connectivity index is 2.95. The molecule has 0 fully saturated rings. The maximum Gasteiger partial charge on any atom is 0.422 e. The molecule has 1 heterocycles. The van der Waals surface area contributed by atoms with E-state index in [-0.39, 0.29) is 5.88 Å². The van der Waals surface area contributed by atoms with Crippen molar-refractivity contribution >= 4 is 0 Å². The van der Waals surface area contributed by atoms with E-state index >= 15 is 0 Å². The minimum Gasteiger partial charge on any atom is -0.468 e. The SMILES string of the molecule is CNCc1c(C)cc(C)nc1OCC(F)(F)F. The molecule has 0 amide bonds. The number of pyridine rings is 1. The van der Waals surface area contributed by atoms with Gasteiger partial charge in [-0.3, -0.25) is 0 Å². The lowest BCUT2D eigenvalue weighted by molar-refractivity contribution is -0.154. The topological polar surface area (TPSA) is 34.2 Å². The predicted octanol–water partition coefficient (Wildman–Crippen LogP) is 2.36. The van der Waals surface area contributed by atoms with Crippen molar-refractivity contribution < 1.29 is 17.9 Å². The van der Waals surface area contributed by atoms with E-state index in [9.17, 15) is 13.2 Å². The van der Waals surface area contributed by atoms with Crippen molar-refractivity contribution in [3.8, 4) is 5.88 Å². The standard InChI is InChI=1S/C11H15F3N2O/c1-7-4-8(2)16-10(9(7)5-15-3)17-6-11(12,13)14/h4,15H,5-6H2,1-3H3. The summed E-state index contributed by atoms with van der Waals surface area (Å²) in [5.41, 5.74) is 2.16. The fraction of sp³-hybridized carbons (Fsp3) is 0.545. The number of alkyl halides is 3. The third-order valence-electron chi connectivity index (χ3n) is 2.16. The van der Waals surface area contributed by atoms with Crippen molar-refractivity contribution in [1.29, 1.82) is 0 Å². The number of ether oxygens (including phenoxy) is 1. The highest BCUT2D eigenvalue weighted by molar-refractivity contribution is 5.35. The van der Waals surface area contributed by atoms with E-state index in [1.54, 1.807) is 14.0 Å². The molecule has 17 heavy (non-hydrogen) atoms. The van der Waals surface area contributed by atoms with Crippen LogP contribution in [0.15, 0.2) is 6.07 Å². The Kier molecular flexibility index (Phi) is 4.34. The van der Waals surface area contributed by atoms with Gasteiger partial charge >= 0.3 is 6.18 Å². The molecule has 6 heteroatoms. The second-order valence-electron chi connectivity index (χ2n) is 3.80. The van der Waals surface area contributed by atoms with Gasteiger partial charge in [0.25, 0.3) is 0 Å². The molecule has 3 nitrogen and oxygen atoms in total. The van der Waals surface area contributed by atoms with Crippen LogP contribution in [0.25, 0.3) is 0 Å². The summed E-state index contributed by atoms with van der Waals surface area (Å²) in [6.45, 7) is 2.64. The Morgan fingerprint density at radius 1 is 1.35 bits per heavy atom. The van der Waals surface area contributed by atoms with Crippen LogP contribution in [0.5, 0.6) is 5.88 Å². The molecule has 1 aromatic rings. The number of rotatable bonds is 4. The first-order valence-corrected chi connectivity index (χ1v) is 5.14. The Bertz CT molecular complexity index is 391. The van der Waals surface area contributed by atoms with E-state index in [4.69, 9.17) is 4.74 Å². The maximum absolute atomic E-state index is 12.1. The molecule has 96 valence electrons. The van der Waals surface area contributed by atoms with Crippen molar-refractivity contribution in [1.82, 2.24) is 10.3 Å². The lowest BCUT2D eigenvalue weighted by atomic mass is 10.1. The van der Waals surface area contributed by atoms with Gasteiger partial charge in [0.1, 0.15) is 0 Å². The Labute approximate surface area is 98.0 Å². The molecule has 0 spiro atoms. The lowest BCUT2D eigenvalue weighted by Gasteiger charge is -2.14. The van der Waals surface area contributed by atoms with E-state index in [0.29, 0.717) is 17.8 Å². The van der Waals surface area contributed by atoms with Gasteiger partial charge in [-0.2, -0.15) is 13.2 Å². The zero-order valence-electron chi connectivity index (χ0n) is 9.98. The van der Waals surface area contributed by atoms with E-state index in [1.807, 2.05) is 13.0 Å². The van der Waals surface area contributed by atoms with Gasteiger partial charge in [-0.15, -0.1) is 0 Å². The van der Waals surface area contributed by atoms with Crippen molar-refractivity contribution in [3.63, 3.8) is 0 Å². The maximum atomic E-state index is 12.1. The van der Waals surface area contributed by atoms with Gasteiger partial charge in [-0.05, 0) is 32.5 Å². The molecule has 1 N–H and O–H groups in total. The second kappa shape index (κ2) is 5.35. The summed E-state index contributed by atoms with van der Waals surface area (Å²) in [7, 11) is 1.72. The smallest absolute Gasteiger partial charge is 0.422 e. The predicted molar refractivity (Wildman–Crippen MR) is 58.0 cm³/mol. The molecule has 0 saturated carbocycles. The molecule has 0 aromatic carbocycles. The summed E-state index contributed by atoms with van der Waals surface area (Å²) >= 11 is 0. The third kappa shape index (κ3) is 4.22.